The highest BCUT2D eigenvalue weighted by Gasteiger charge is 2.26. The monoisotopic (exact) mass is 371 g/mol. The van der Waals surface area contributed by atoms with Crippen molar-refractivity contribution in [3.8, 4) is 0 Å². The molecule has 1 amide bonds. The zero-order valence-corrected chi connectivity index (χ0v) is 16.4. The van der Waals surface area contributed by atoms with Crippen LogP contribution in [-0.4, -0.2) is 47.5 Å². The molecule has 1 aliphatic rings. The van der Waals surface area contributed by atoms with Gasteiger partial charge in [-0.1, -0.05) is 13.8 Å². The molecule has 27 heavy (non-hydrogen) atoms. The number of hydrogen-bond acceptors (Lipinski definition) is 6. The summed E-state index contributed by atoms with van der Waals surface area (Å²) < 4.78 is 5.38. The molecule has 1 saturated heterocycles. The highest BCUT2D eigenvalue weighted by Crippen LogP contribution is 2.23. The average molecular weight is 371 g/mol. The van der Waals surface area contributed by atoms with E-state index in [1.165, 1.54) is 0 Å². The maximum Gasteiger partial charge on any atom is 0.259 e. The molecule has 0 unspecified atom stereocenters. The lowest BCUT2D eigenvalue weighted by molar-refractivity contribution is 0.0691. The summed E-state index contributed by atoms with van der Waals surface area (Å²) in [6.45, 7) is 7.11. The van der Waals surface area contributed by atoms with Crippen LogP contribution in [0.1, 0.15) is 54.5 Å². The minimum atomic E-state index is -0.00448. The van der Waals surface area contributed by atoms with Crippen LogP contribution in [0.2, 0.25) is 0 Å². The minimum absolute atomic E-state index is 0.00448. The van der Waals surface area contributed by atoms with E-state index in [4.69, 9.17) is 4.42 Å². The van der Waals surface area contributed by atoms with Crippen LogP contribution in [0.5, 0.6) is 0 Å². The number of aromatic nitrogens is 2. The van der Waals surface area contributed by atoms with E-state index < -0.39 is 0 Å². The number of carbonyl (C=O) groups excluding carboxylic acids is 1. The largest absolute Gasteiger partial charge is 0.467 e. The first kappa shape index (κ1) is 19.4. The van der Waals surface area contributed by atoms with E-state index in [-0.39, 0.29) is 11.8 Å². The van der Waals surface area contributed by atoms with Crippen molar-refractivity contribution in [2.45, 2.75) is 39.2 Å². The third kappa shape index (κ3) is 4.86. The lowest BCUT2D eigenvalue weighted by Gasteiger charge is -2.32. The molecule has 0 aromatic carbocycles. The zero-order valence-electron chi connectivity index (χ0n) is 16.4. The van der Waals surface area contributed by atoms with E-state index in [0.717, 1.165) is 44.1 Å². The molecule has 0 aliphatic carbocycles. The normalized spacial score (nSPS) is 15.3. The van der Waals surface area contributed by atoms with Crippen molar-refractivity contribution < 1.29 is 9.21 Å². The number of rotatable bonds is 7. The molecule has 0 bridgehead atoms. The van der Waals surface area contributed by atoms with Crippen LogP contribution in [0.15, 0.2) is 29.0 Å². The van der Waals surface area contributed by atoms with Gasteiger partial charge in [0.2, 0.25) is 0 Å². The quantitative estimate of drug-likeness (QED) is 0.779. The molecule has 1 fully saturated rings. The highest BCUT2D eigenvalue weighted by atomic mass is 16.3. The van der Waals surface area contributed by atoms with E-state index in [0.29, 0.717) is 23.8 Å². The zero-order chi connectivity index (χ0) is 19.2. The van der Waals surface area contributed by atoms with Gasteiger partial charge in [0, 0.05) is 25.2 Å². The highest BCUT2D eigenvalue weighted by molar-refractivity contribution is 5.98. The molecular weight excluding hydrogens is 342 g/mol. The molecule has 3 rings (SSSR count). The first-order chi connectivity index (χ1) is 13.1. The van der Waals surface area contributed by atoms with Crippen LogP contribution >= 0.6 is 0 Å². The molecule has 7 nitrogen and oxygen atoms in total. The molecule has 0 radical (unpaired) electrons. The van der Waals surface area contributed by atoms with Crippen LogP contribution in [0.25, 0.3) is 0 Å². The molecule has 0 atom stereocenters. The Bertz CT molecular complexity index is 737. The van der Waals surface area contributed by atoms with Crippen molar-refractivity contribution >= 4 is 11.7 Å². The first-order valence-corrected chi connectivity index (χ1v) is 9.65. The number of piperidine rings is 1. The summed E-state index contributed by atoms with van der Waals surface area (Å²) in [6.07, 6.45) is 5.34. The summed E-state index contributed by atoms with van der Waals surface area (Å²) in [5, 5.41) is 6.48. The Morgan fingerprint density at radius 3 is 2.78 bits per heavy atom. The van der Waals surface area contributed by atoms with Gasteiger partial charge >= 0.3 is 0 Å². The first-order valence-electron chi connectivity index (χ1n) is 9.65. The lowest BCUT2D eigenvalue weighted by Crippen LogP contribution is -2.40. The van der Waals surface area contributed by atoms with E-state index in [2.05, 4.69) is 20.6 Å². The number of amides is 1. The smallest absolute Gasteiger partial charge is 0.259 e. The second kappa shape index (κ2) is 8.99. The van der Waals surface area contributed by atoms with Gasteiger partial charge in [0.25, 0.3) is 5.91 Å². The van der Waals surface area contributed by atoms with Crippen molar-refractivity contribution in [2.75, 3.05) is 32.0 Å². The Kier molecular flexibility index (Phi) is 6.45. The number of furan rings is 1. The Labute approximate surface area is 160 Å². The SMILES string of the molecule is CNCC1CCN(C(=O)c2cnc(C(C)C)nc2NCc2ccco2)CC1. The molecule has 0 spiro atoms. The van der Waals surface area contributed by atoms with Crippen molar-refractivity contribution in [2.24, 2.45) is 5.92 Å². The Balaban J connectivity index is 1.75. The number of nitrogens with one attached hydrogen (secondary N) is 2. The number of carbonyl (C=O) groups is 1. The van der Waals surface area contributed by atoms with E-state index in [9.17, 15) is 4.79 Å². The van der Waals surface area contributed by atoms with Crippen LogP contribution in [-0.2, 0) is 6.54 Å². The topological polar surface area (TPSA) is 83.3 Å². The van der Waals surface area contributed by atoms with Crippen LogP contribution < -0.4 is 10.6 Å². The standard InChI is InChI=1S/C20H29N5O2/c1-14(2)18-23-13-17(19(24-18)22-12-16-5-4-10-27-16)20(26)25-8-6-15(7-9-25)11-21-3/h4-5,10,13-15,21H,6-9,11-12H2,1-3H3,(H,22,23,24). The maximum absolute atomic E-state index is 13.1. The van der Waals surface area contributed by atoms with Gasteiger partial charge in [-0.3, -0.25) is 4.79 Å². The third-order valence-corrected chi connectivity index (χ3v) is 4.96. The second-order valence-electron chi connectivity index (χ2n) is 7.37. The molecule has 0 saturated carbocycles. The van der Waals surface area contributed by atoms with E-state index in [1.807, 2.05) is 37.9 Å². The second-order valence-corrected chi connectivity index (χ2v) is 7.37. The molecule has 3 heterocycles. The number of nitrogens with zero attached hydrogens (tertiary/aromatic N) is 3. The molecule has 1 aliphatic heterocycles. The van der Waals surface area contributed by atoms with E-state index in [1.54, 1.807) is 12.5 Å². The summed E-state index contributed by atoms with van der Waals surface area (Å²) in [7, 11) is 1.97. The van der Waals surface area contributed by atoms with Crippen molar-refractivity contribution in [3.05, 3.63) is 41.7 Å². The van der Waals surface area contributed by atoms with Crippen LogP contribution in [0.3, 0.4) is 0 Å². The summed E-state index contributed by atoms with van der Waals surface area (Å²) in [5.74, 6) is 2.92. The number of likely N-dealkylation sites (tertiary alicyclic amines) is 1. The third-order valence-electron chi connectivity index (χ3n) is 4.96. The van der Waals surface area contributed by atoms with Gasteiger partial charge in [0.15, 0.2) is 0 Å². The van der Waals surface area contributed by atoms with Gasteiger partial charge in [0.05, 0.1) is 12.8 Å². The molecule has 2 aromatic rings. The van der Waals surface area contributed by atoms with Crippen molar-refractivity contribution in [1.29, 1.82) is 0 Å². The summed E-state index contributed by atoms with van der Waals surface area (Å²) in [5.41, 5.74) is 0.526. The number of anilines is 1. The predicted octanol–water partition coefficient (Wildman–Crippen LogP) is 2.88. The minimum Gasteiger partial charge on any atom is -0.467 e. The average Bonchev–Trinajstić information content (AvgIpc) is 3.20. The fourth-order valence-electron chi connectivity index (χ4n) is 3.35. The number of hydrogen-bond donors (Lipinski definition) is 2. The van der Waals surface area contributed by atoms with Crippen molar-refractivity contribution in [1.82, 2.24) is 20.2 Å². The Hall–Kier alpha value is -2.41. The molecule has 2 aromatic heterocycles. The summed E-state index contributed by atoms with van der Waals surface area (Å²) >= 11 is 0. The molecule has 7 heteroatoms. The van der Waals surface area contributed by atoms with Crippen LogP contribution in [0.4, 0.5) is 5.82 Å². The summed E-state index contributed by atoms with van der Waals surface area (Å²) in [6, 6.07) is 3.74. The molecule has 2 N–H and O–H groups in total. The maximum atomic E-state index is 13.1. The fourth-order valence-corrected chi connectivity index (χ4v) is 3.35. The van der Waals surface area contributed by atoms with Crippen LogP contribution in [0, 0.1) is 5.92 Å². The van der Waals surface area contributed by atoms with Gasteiger partial charge in [-0.2, -0.15) is 0 Å². The van der Waals surface area contributed by atoms with Crippen molar-refractivity contribution in [3.63, 3.8) is 0 Å². The van der Waals surface area contributed by atoms with Gasteiger partial charge < -0.3 is 20.0 Å². The molecular formula is C20H29N5O2. The molecule has 146 valence electrons. The van der Waals surface area contributed by atoms with E-state index >= 15 is 0 Å². The Morgan fingerprint density at radius 1 is 1.37 bits per heavy atom. The lowest BCUT2D eigenvalue weighted by atomic mass is 9.96. The van der Waals surface area contributed by atoms with Gasteiger partial charge in [-0.05, 0) is 44.5 Å². The Morgan fingerprint density at radius 2 is 2.15 bits per heavy atom. The predicted molar refractivity (Wildman–Crippen MR) is 105 cm³/mol. The fraction of sp³-hybridized carbons (Fsp3) is 0.550. The van der Waals surface area contributed by atoms with Gasteiger partial charge in [-0.25, -0.2) is 9.97 Å². The summed E-state index contributed by atoms with van der Waals surface area (Å²) in [4.78, 5) is 24.0. The van der Waals surface area contributed by atoms with Gasteiger partial charge in [-0.15, -0.1) is 0 Å². The van der Waals surface area contributed by atoms with Gasteiger partial charge in [0.1, 0.15) is 23.0 Å².